The largest absolute Gasteiger partial charge is 0.360 e. The predicted molar refractivity (Wildman–Crippen MR) is 115 cm³/mol. The highest BCUT2D eigenvalue weighted by molar-refractivity contribution is 7.92. The number of hydrogen-bond acceptors (Lipinski definition) is 5. The van der Waals surface area contributed by atoms with Crippen molar-refractivity contribution in [3.8, 4) is 0 Å². The molecule has 0 unspecified atom stereocenters. The van der Waals surface area contributed by atoms with E-state index in [0.29, 0.717) is 21.6 Å². The number of aromatic nitrogens is 1. The minimum atomic E-state index is -3.77. The van der Waals surface area contributed by atoms with E-state index in [1.165, 1.54) is 18.2 Å². The highest BCUT2D eigenvalue weighted by Gasteiger charge is 2.16. The number of rotatable bonds is 5. The third-order valence-electron chi connectivity index (χ3n) is 3.81. The van der Waals surface area contributed by atoms with Crippen LogP contribution in [0.4, 0.5) is 17.2 Å². The molecule has 0 radical (unpaired) electrons. The Morgan fingerprint density at radius 1 is 1.11 bits per heavy atom. The number of thiocarbonyl (C=S) groups is 1. The molecule has 0 saturated carbocycles. The molecular weight excluding hydrogens is 420 g/mol. The second-order valence-electron chi connectivity index (χ2n) is 5.94. The quantitative estimate of drug-likeness (QED) is 0.504. The molecule has 3 N–H and O–H groups in total. The summed E-state index contributed by atoms with van der Waals surface area (Å²) in [5.41, 5.74) is 2.30. The van der Waals surface area contributed by atoms with Crippen LogP contribution in [0.1, 0.15) is 11.3 Å². The van der Waals surface area contributed by atoms with Gasteiger partial charge in [-0.15, -0.1) is 0 Å². The van der Waals surface area contributed by atoms with Crippen molar-refractivity contribution in [1.29, 1.82) is 0 Å². The maximum atomic E-state index is 12.4. The van der Waals surface area contributed by atoms with Crippen molar-refractivity contribution in [2.75, 3.05) is 15.4 Å². The van der Waals surface area contributed by atoms with Gasteiger partial charge in [0, 0.05) is 22.5 Å². The Kier molecular flexibility index (Phi) is 5.87. The first-order valence-corrected chi connectivity index (χ1v) is 10.4. The first-order valence-electron chi connectivity index (χ1n) is 8.14. The maximum Gasteiger partial charge on any atom is 0.263 e. The Morgan fingerprint density at radius 3 is 2.46 bits per heavy atom. The second kappa shape index (κ2) is 8.17. The molecule has 3 aromatic rings. The van der Waals surface area contributed by atoms with Gasteiger partial charge in [-0.3, -0.25) is 4.72 Å². The van der Waals surface area contributed by atoms with Gasteiger partial charge >= 0.3 is 0 Å². The summed E-state index contributed by atoms with van der Waals surface area (Å²) in [4.78, 5) is 0.0864. The van der Waals surface area contributed by atoms with Gasteiger partial charge in [-0.2, -0.15) is 0 Å². The summed E-state index contributed by atoms with van der Waals surface area (Å²) >= 11 is 11.4. The summed E-state index contributed by atoms with van der Waals surface area (Å²) in [5, 5.41) is 10.7. The van der Waals surface area contributed by atoms with Crippen molar-refractivity contribution >= 4 is 56.1 Å². The Labute approximate surface area is 173 Å². The van der Waals surface area contributed by atoms with E-state index in [1.807, 2.05) is 19.1 Å². The zero-order chi connectivity index (χ0) is 20.3. The van der Waals surface area contributed by atoms with Gasteiger partial charge in [0.25, 0.3) is 10.0 Å². The lowest BCUT2D eigenvalue weighted by Crippen LogP contribution is -2.19. The molecule has 0 atom stereocenters. The molecule has 2 aromatic carbocycles. The minimum absolute atomic E-state index is 0.0864. The topological polar surface area (TPSA) is 96.3 Å². The van der Waals surface area contributed by atoms with E-state index in [4.69, 9.17) is 28.3 Å². The van der Waals surface area contributed by atoms with Crippen LogP contribution in [-0.4, -0.2) is 18.7 Å². The monoisotopic (exact) mass is 436 g/mol. The van der Waals surface area contributed by atoms with E-state index in [1.54, 1.807) is 25.1 Å². The summed E-state index contributed by atoms with van der Waals surface area (Å²) in [6.45, 7) is 3.56. The highest BCUT2D eigenvalue weighted by Crippen LogP contribution is 2.23. The van der Waals surface area contributed by atoms with Crippen molar-refractivity contribution < 1.29 is 12.9 Å². The maximum absolute atomic E-state index is 12.4. The molecule has 0 fully saturated rings. The predicted octanol–water partition coefficient (Wildman–Crippen LogP) is 4.55. The molecule has 0 aliphatic carbocycles. The number of sulfonamides is 1. The first-order chi connectivity index (χ1) is 13.2. The summed E-state index contributed by atoms with van der Waals surface area (Å²) in [7, 11) is -3.77. The van der Waals surface area contributed by atoms with Crippen LogP contribution < -0.4 is 15.4 Å². The van der Waals surface area contributed by atoms with E-state index < -0.39 is 10.0 Å². The van der Waals surface area contributed by atoms with Gasteiger partial charge in [0.1, 0.15) is 5.76 Å². The van der Waals surface area contributed by atoms with Crippen LogP contribution in [0.5, 0.6) is 0 Å². The van der Waals surface area contributed by atoms with Crippen molar-refractivity contribution in [2.24, 2.45) is 0 Å². The molecule has 1 heterocycles. The Bertz CT molecular complexity index is 1110. The van der Waals surface area contributed by atoms with E-state index >= 15 is 0 Å². The van der Waals surface area contributed by atoms with Gasteiger partial charge in [-0.05, 0) is 68.0 Å². The van der Waals surface area contributed by atoms with Crippen molar-refractivity contribution in [1.82, 2.24) is 5.16 Å². The zero-order valence-electron chi connectivity index (χ0n) is 15.0. The Balaban J connectivity index is 1.67. The van der Waals surface area contributed by atoms with Crippen LogP contribution in [0.15, 0.2) is 57.9 Å². The van der Waals surface area contributed by atoms with Gasteiger partial charge in [0.15, 0.2) is 10.9 Å². The van der Waals surface area contributed by atoms with E-state index in [0.717, 1.165) is 11.3 Å². The molecule has 3 rings (SSSR count). The van der Waals surface area contributed by atoms with Crippen LogP contribution in [0.3, 0.4) is 0 Å². The van der Waals surface area contributed by atoms with Crippen molar-refractivity contribution in [2.45, 2.75) is 18.7 Å². The van der Waals surface area contributed by atoms with Gasteiger partial charge in [0.2, 0.25) is 0 Å². The second-order valence-corrected chi connectivity index (χ2v) is 8.44. The third kappa shape index (κ3) is 4.80. The van der Waals surface area contributed by atoms with Crippen molar-refractivity contribution in [3.05, 3.63) is 64.9 Å². The van der Waals surface area contributed by atoms with Crippen molar-refractivity contribution in [3.63, 3.8) is 0 Å². The van der Waals surface area contributed by atoms with Gasteiger partial charge in [0.05, 0.1) is 4.90 Å². The summed E-state index contributed by atoms with van der Waals surface area (Å²) < 4.78 is 32.0. The number of aryl methyl sites for hydroxylation is 1. The molecule has 0 spiro atoms. The number of benzene rings is 2. The molecule has 0 amide bonds. The first kappa shape index (κ1) is 20.1. The molecule has 0 bridgehead atoms. The lowest BCUT2D eigenvalue weighted by molar-refractivity contribution is 0.400. The number of nitrogens with one attached hydrogen (secondary N) is 3. The third-order valence-corrected chi connectivity index (χ3v) is 5.79. The van der Waals surface area contributed by atoms with E-state index in [2.05, 4.69) is 20.5 Å². The van der Waals surface area contributed by atoms with Crippen LogP contribution in [0.2, 0.25) is 5.02 Å². The van der Waals surface area contributed by atoms with Gasteiger partial charge in [-0.1, -0.05) is 22.8 Å². The molecule has 146 valence electrons. The SMILES string of the molecule is Cc1cc(NS(=O)(=O)c2ccc(NC(=S)Nc3cccc(Cl)c3C)cc2)no1. The highest BCUT2D eigenvalue weighted by atomic mass is 35.5. The van der Waals surface area contributed by atoms with Gasteiger partial charge < -0.3 is 15.2 Å². The molecule has 0 aliphatic heterocycles. The Hall–Kier alpha value is -2.62. The average molecular weight is 437 g/mol. The van der Waals surface area contributed by atoms with E-state index in [-0.39, 0.29) is 10.7 Å². The Morgan fingerprint density at radius 2 is 1.82 bits per heavy atom. The molecule has 0 aliphatic rings. The lowest BCUT2D eigenvalue weighted by Gasteiger charge is -2.13. The van der Waals surface area contributed by atoms with Crippen LogP contribution in [0, 0.1) is 13.8 Å². The average Bonchev–Trinajstić information content (AvgIpc) is 3.03. The van der Waals surface area contributed by atoms with Crippen LogP contribution >= 0.6 is 23.8 Å². The summed E-state index contributed by atoms with van der Waals surface area (Å²) in [6.07, 6.45) is 0. The fourth-order valence-corrected chi connectivity index (χ4v) is 3.74. The number of halogens is 1. The fraction of sp³-hybridized carbons (Fsp3) is 0.111. The van der Waals surface area contributed by atoms with Crippen LogP contribution in [0.25, 0.3) is 0 Å². The molecule has 7 nitrogen and oxygen atoms in total. The van der Waals surface area contributed by atoms with E-state index in [9.17, 15) is 8.42 Å². The number of hydrogen-bond donors (Lipinski definition) is 3. The van der Waals surface area contributed by atoms with Gasteiger partial charge in [-0.25, -0.2) is 8.42 Å². The smallest absolute Gasteiger partial charge is 0.263 e. The minimum Gasteiger partial charge on any atom is -0.360 e. The summed E-state index contributed by atoms with van der Waals surface area (Å²) in [5.74, 6) is 0.634. The number of nitrogens with zero attached hydrogens (tertiary/aromatic N) is 1. The summed E-state index contributed by atoms with van der Waals surface area (Å²) in [6, 6.07) is 13.1. The van der Waals surface area contributed by atoms with Crippen LogP contribution in [-0.2, 0) is 10.0 Å². The standard InChI is InChI=1S/C18H17ClN4O3S2/c1-11-10-17(22-26-11)23-28(24,25)14-8-6-13(7-9-14)20-18(27)21-16-5-3-4-15(19)12(16)2/h3-10H,1-2H3,(H,22,23)(H2,20,21,27). The molecule has 28 heavy (non-hydrogen) atoms. The molecule has 10 heteroatoms. The lowest BCUT2D eigenvalue weighted by atomic mass is 10.2. The zero-order valence-corrected chi connectivity index (χ0v) is 17.4. The number of anilines is 3. The normalized spacial score (nSPS) is 11.1. The fourth-order valence-electron chi connectivity index (χ4n) is 2.36. The molecule has 0 saturated heterocycles. The molecule has 1 aromatic heterocycles. The molecular formula is C18H17ClN4O3S2.